The molecule has 0 saturated heterocycles. The molecule has 2 aromatic rings. The molecule has 0 amide bonds. The van der Waals surface area contributed by atoms with E-state index in [0.717, 1.165) is 17.8 Å². The third-order valence-corrected chi connectivity index (χ3v) is 3.47. The monoisotopic (exact) mass is 275 g/mol. The molecule has 1 atom stereocenters. The Labute approximate surface area is 119 Å². The van der Waals surface area contributed by atoms with E-state index in [9.17, 15) is 4.39 Å². The summed E-state index contributed by atoms with van der Waals surface area (Å²) >= 11 is 0. The summed E-state index contributed by atoms with van der Waals surface area (Å²) in [6.45, 7) is 7.27. The van der Waals surface area contributed by atoms with Gasteiger partial charge in [0.1, 0.15) is 5.82 Å². The van der Waals surface area contributed by atoms with Gasteiger partial charge in [-0.2, -0.15) is 0 Å². The number of halogens is 1. The molecule has 4 heteroatoms. The van der Waals surface area contributed by atoms with E-state index in [1.807, 2.05) is 29.9 Å². The van der Waals surface area contributed by atoms with Crippen molar-refractivity contribution in [3.8, 4) is 0 Å². The highest BCUT2D eigenvalue weighted by Crippen LogP contribution is 2.33. The molecule has 0 aliphatic heterocycles. The van der Waals surface area contributed by atoms with E-state index in [1.54, 1.807) is 6.33 Å². The summed E-state index contributed by atoms with van der Waals surface area (Å²) in [5, 5.41) is 3.56. The van der Waals surface area contributed by atoms with E-state index in [0.29, 0.717) is 0 Å². The molecule has 0 radical (unpaired) electrons. The molecule has 20 heavy (non-hydrogen) atoms. The van der Waals surface area contributed by atoms with Crippen molar-refractivity contribution in [2.75, 3.05) is 0 Å². The molecule has 1 N–H and O–H groups in total. The van der Waals surface area contributed by atoms with Crippen LogP contribution >= 0.6 is 0 Å². The number of hydrogen-bond donors (Lipinski definition) is 1. The first kappa shape index (κ1) is 14.7. The van der Waals surface area contributed by atoms with E-state index in [-0.39, 0.29) is 17.3 Å². The molecule has 1 heterocycles. The van der Waals surface area contributed by atoms with Gasteiger partial charge in [-0.15, -0.1) is 0 Å². The maximum Gasteiger partial charge on any atom is 0.123 e. The molecule has 2 rings (SSSR count). The summed E-state index contributed by atoms with van der Waals surface area (Å²) in [5.41, 5.74) is 2.26. The van der Waals surface area contributed by atoms with E-state index < -0.39 is 0 Å². The minimum atomic E-state index is -0.201. The van der Waals surface area contributed by atoms with Gasteiger partial charge in [0.05, 0.1) is 12.0 Å². The molecule has 1 unspecified atom stereocenters. The summed E-state index contributed by atoms with van der Waals surface area (Å²) in [4.78, 5) is 4.12. The molecule has 0 aliphatic rings. The van der Waals surface area contributed by atoms with Crippen LogP contribution in [0.2, 0.25) is 0 Å². The fourth-order valence-electron chi connectivity index (χ4n) is 2.34. The fraction of sp³-hybridized carbons (Fsp3) is 0.438. The van der Waals surface area contributed by atoms with Crippen molar-refractivity contribution in [3.63, 3.8) is 0 Å². The molecule has 0 saturated carbocycles. The predicted octanol–water partition coefficient (Wildman–Crippen LogP) is 3.44. The van der Waals surface area contributed by atoms with Crippen LogP contribution in [0, 0.1) is 11.2 Å². The Kier molecular flexibility index (Phi) is 4.23. The predicted molar refractivity (Wildman–Crippen MR) is 78.6 cm³/mol. The lowest BCUT2D eigenvalue weighted by molar-refractivity contribution is 0.269. The maximum absolute atomic E-state index is 13.1. The first-order valence-corrected chi connectivity index (χ1v) is 6.82. The van der Waals surface area contributed by atoms with Crippen molar-refractivity contribution in [1.29, 1.82) is 0 Å². The van der Waals surface area contributed by atoms with Gasteiger partial charge >= 0.3 is 0 Å². The second-order valence-corrected chi connectivity index (χ2v) is 6.23. The van der Waals surface area contributed by atoms with Crippen LogP contribution in [0.1, 0.15) is 38.1 Å². The van der Waals surface area contributed by atoms with E-state index >= 15 is 0 Å². The van der Waals surface area contributed by atoms with Gasteiger partial charge in [-0.1, -0.05) is 32.9 Å². The zero-order chi connectivity index (χ0) is 14.8. The van der Waals surface area contributed by atoms with E-state index in [1.165, 1.54) is 12.1 Å². The lowest BCUT2D eigenvalue weighted by Gasteiger charge is -2.32. The second-order valence-electron chi connectivity index (χ2n) is 6.23. The zero-order valence-corrected chi connectivity index (χ0v) is 12.5. The Morgan fingerprint density at radius 2 is 1.90 bits per heavy atom. The van der Waals surface area contributed by atoms with Crippen LogP contribution < -0.4 is 5.32 Å². The molecule has 1 aromatic carbocycles. The van der Waals surface area contributed by atoms with Crippen LogP contribution in [0.5, 0.6) is 0 Å². The normalized spacial score (nSPS) is 13.4. The molecule has 1 aromatic heterocycles. The molecule has 0 fully saturated rings. The third-order valence-electron chi connectivity index (χ3n) is 3.47. The zero-order valence-electron chi connectivity index (χ0n) is 12.5. The number of nitrogens with zero attached hydrogens (tertiary/aromatic N) is 2. The van der Waals surface area contributed by atoms with Gasteiger partial charge in [0.15, 0.2) is 0 Å². The summed E-state index contributed by atoms with van der Waals surface area (Å²) in [7, 11) is 1.98. The number of rotatable bonds is 4. The fourth-order valence-corrected chi connectivity index (χ4v) is 2.34. The largest absolute Gasteiger partial charge is 0.337 e. The van der Waals surface area contributed by atoms with Crippen LogP contribution in [0.3, 0.4) is 0 Å². The minimum absolute atomic E-state index is 0.0381. The quantitative estimate of drug-likeness (QED) is 0.926. The number of imidazole rings is 1. The smallest absolute Gasteiger partial charge is 0.123 e. The number of hydrogen-bond acceptors (Lipinski definition) is 2. The molecule has 0 spiro atoms. The second kappa shape index (κ2) is 5.75. The highest BCUT2D eigenvalue weighted by atomic mass is 19.1. The molecule has 0 bridgehead atoms. The van der Waals surface area contributed by atoms with Crippen molar-refractivity contribution >= 4 is 0 Å². The van der Waals surface area contributed by atoms with Gasteiger partial charge < -0.3 is 9.88 Å². The lowest BCUT2D eigenvalue weighted by Crippen LogP contribution is -2.32. The van der Waals surface area contributed by atoms with Crippen molar-refractivity contribution in [1.82, 2.24) is 14.9 Å². The van der Waals surface area contributed by atoms with Crippen molar-refractivity contribution < 1.29 is 4.39 Å². The van der Waals surface area contributed by atoms with E-state index in [4.69, 9.17) is 0 Å². The van der Waals surface area contributed by atoms with Crippen molar-refractivity contribution in [3.05, 3.63) is 53.9 Å². The van der Waals surface area contributed by atoms with Crippen LogP contribution in [-0.2, 0) is 13.6 Å². The molecule has 3 nitrogen and oxygen atoms in total. The van der Waals surface area contributed by atoms with Gasteiger partial charge in [0.25, 0.3) is 0 Å². The van der Waals surface area contributed by atoms with Crippen LogP contribution in [0.4, 0.5) is 4.39 Å². The average molecular weight is 275 g/mol. The Balaban J connectivity index is 2.16. The van der Waals surface area contributed by atoms with Crippen molar-refractivity contribution in [2.45, 2.75) is 33.4 Å². The standard InChI is InChI=1S/C16H22FN3/c1-16(2,3)15(12-5-7-13(17)8-6-12)19-10-14-9-18-11-20(14)4/h5-9,11,15,19H,10H2,1-4H3. The average Bonchev–Trinajstić information content (AvgIpc) is 2.76. The van der Waals surface area contributed by atoms with Crippen LogP contribution in [-0.4, -0.2) is 9.55 Å². The number of aromatic nitrogens is 2. The Morgan fingerprint density at radius 3 is 2.40 bits per heavy atom. The van der Waals surface area contributed by atoms with Gasteiger partial charge in [-0.05, 0) is 23.1 Å². The molecular weight excluding hydrogens is 253 g/mol. The molecule has 108 valence electrons. The maximum atomic E-state index is 13.1. The third kappa shape index (κ3) is 3.45. The first-order chi connectivity index (χ1) is 9.38. The molecule has 0 aliphatic carbocycles. The summed E-state index contributed by atoms with van der Waals surface area (Å²) in [5.74, 6) is -0.201. The van der Waals surface area contributed by atoms with Crippen molar-refractivity contribution in [2.24, 2.45) is 12.5 Å². The Hall–Kier alpha value is -1.68. The SMILES string of the molecule is Cn1cncc1CNC(c1ccc(F)cc1)C(C)(C)C. The number of benzene rings is 1. The van der Waals surface area contributed by atoms with Gasteiger partial charge in [0, 0.05) is 25.8 Å². The first-order valence-electron chi connectivity index (χ1n) is 6.82. The van der Waals surface area contributed by atoms with Crippen LogP contribution in [0.15, 0.2) is 36.8 Å². The van der Waals surface area contributed by atoms with Gasteiger partial charge in [-0.25, -0.2) is 9.37 Å². The lowest BCUT2D eigenvalue weighted by atomic mass is 9.82. The topological polar surface area (TPSA) is 29.9 Å². The highest BCUT2D eigenvalue weighted by Gasteiger charge is 2.26. The Bertz CT molecular complexity index is 552. The summed E-state index contributed by atoms with van der Waals surface area (Å²) in [6, 6.07) is 6.88. The van der Waals surface area contributed by atoms with Crippen LogP contribution in [0.25, 0.3) is 0 Å². The minimum Gasteiger partial charge on any atom is -0.337 e. The molecular formula is C16H22FN3. The van der Waals surface area contributed by atoms with E-state index in [2.05, 4.69) is 31.1 Å². The summed E-state index contributed by atoms with van der Waals surface area (Å²) < 4.78 is 15.1. The number of nitrogens with one attached hydrogen (secondary N) is 1. The number of aryl methyl sites for hydroxylation is 1. The highest BCUT2D eigenvalue weighted by molar-refractivity contribution is 5.22. The van der Waals surface area contributed by atoms with Gasteiger partial charge in [0.2, 0.25) is 0 Å². The Morgan fingerprint density at radius 1 is 1.25 bits per heavy atom. The summed E-state index contributed by atoms with van der Waals surface area (Å²) in [6.07, 6.45) is 3.65. The van der Waals surface area contributed by atoms with Gasteiger partial charge in [-0.3, -0.25) is 0 Å².